The lowest BCUT2D eigenvalue weighted by molar-refractivity contribution is -0.121. The molecule has 0 heterocycles. The molecule has 128 valence electrons. The van der Waals surface area contributed by atoms with E-state index in [-0.39, 0.29) is 5.91 Å². The van der Waals surface area contributed by atoms with Gasteiger partial charge in [0, 0.05) is 25.6 Å². The monoisotopic (exact) mass is 318 g/mol. The van der Waals surface area contributed by atoms with Crippen molar-refractivity contribution in [1.29, 1.82) is 0 Å². The van der Waals surface area contributed by atoms with Gasteiger partial charge >= 0.3 is 0 Å². The first-order chi connectivity index (χ1) is 11.3. The Labute approximate surface area is 140 Å². The fourth-order valence-corrected chi connectivity index (χ4v) is 3.14. The molecule has 0 saturated heterocycles. The van der Waals surface area contributed by atoms with Crippen LogP contribution in [0.4, 0.5) is 0 Å². The van der Waals surface area contributed by atoms with Crippen molar-refractivity contribution >= 4 is 5.91 Å². The number of hydrogen-bond acceptors (Lipinski definition) is 3. The average molecular weight is 318 g/mol. The first-order valence-electron chi connectivity index (χ1n) is 8.91. The van der Waals surface area contributed by atoms with E-state index in [0.717, 1.165) is 24.3 Å². The van der Waals surface area contributed by atoms with Gasteiger partial charge in [-0.1, -0.05) is 37.8 Å². The molecule has 23 heavy (non-hydrogen) atoms. The number of ether oxygens (including phenoxy) is 1. The van der Waals surface area contributed by atoms with Crippen LogP contribution in [-0.4, -0.2) is 32.1 Å². The zero-order valence-corrected chi connectivity index (χ0v) is 14.3. The third-order valence-electron chi connectivity index (χ3n) is 4.51. The average Bonchev–Trinajstić information content (AvgIpc) is 2.86. The number of hydrogen-bond donors (Lipinski definition) is 2. The highest BCUT2D eigenvalue weighted by atomic mass is 16.5. The maximum absolute atomic E-state index is 11.9. The highest BCUT2D eigenvalue weighted by Crippen LogP contribution is 2.17. The van der Waals surface area contributed by atoms with Gasteiger partial charge in [-0.3, -0.25) is 4.79 Å². The standard InChI is InChI=1S/C19H30N2O2/c1-23-18-10-6-7-16(15-18)11-12-19(22)21-14-13-20-17-8-4-2-3-5-9-17/h6-7,10,15,17,20H,2-5,8-9,11-14H2,1H3,(H,21,22). The molecule has 1 saturated carbocycles. The van der Waals surface area contributed by atoms with E-state index in [0.29, 0.717) is 19.0 Å². The fraction of sp³-hybridized carbons (Fsp3) is 0.632. The van der Waals surface area contributed by atoms with E-state index in [9.17, 15) is 4.79 Å². The first-order valence-corrected chi connectivity index (χ1v) is 8.91. The van der Waals surface area contributed by atoms with Crippen LogP contribution in [0.5, 0.6) is 5.75 Å². The lowest BCUT2D eigenvalue weighted by Crippen LogP contribution is -2.36. The molecule has 1 amide bonds. The SMILES string of the molecule is COc1cccc(CCC(=O)NCCNC2CCCCCC2)c1. The quantitative estimate of drug-likeness (QED) is 0.572. The van der Waals surface area contributed by atoms with Crippen LogP contribution in [0.25, 0.3) is 0 Å². The molecule has 0 unspecified atom stereocenters. The molecule has 0 radical (unpaired) electrons. The molecule has 1 aromatic carbocycles. The number of methoxy groups -OCH3 is 1. The molecular formula is C19H30N2O2. The summed E-state index contributed by atoms with van der Waals surface area (Å²) in [5.41, 5.74) is 1.14. The van der Waals surface area contributed by atoms with Gasteiger partial charge in [0.1, 0.15) is 5.75 Å². The number of carbonyl (C=O) groups excluding carboxylic acids is 1. The van der Waals surface area contributed by atoms with E-state index in [4.69, 9.17) is 4.74 Å². The Morgan fingerprint density at radius 2 is 1.96 bits per heavy atom. The fourth-order valence-electron chi connectivity index (χ4n) is 3.14. The summed E-state index contributed by atoms with van der Waals surface area (Å²) < 4.78 is 5.20. The van der Waals surface area contributed by atoms with Gasteiger partial charge in [-0.25, -0.2) is 0 Å². The molecule has 0 spiro atoms. The summed E-state index contributed by atoms with van der Waals surface area (Å²) in [5.74, 6) is 0.964. The number of aryl methyl sites for hydroxylation is 1. The summed E-state index contributed by atoms with van der Waals surface area (Å²) in [6, 6.07) is 8.54. The maximum atomic E-state index is 11.9. The maximum Gasteiger partial charge on any atom is 0.220 e. The van der Waals surface area contributed by atoms with Gasteiger partial charge in [-0.2, -0.15) is 0 Å². The van der Waals surface area contributed by atoms with Crippen molar-refractivity contribution in [3.8, 4) is 5.75 Å². The Morgan fingerprint density at radius 3 is 2.70 bits per heavy atom. The van der Waals surface area contributed by atoms with Crippen LogP contribution in [0.3, 0.4) is 0 Å². The van der Waals surface area contributed by atoms with Crippen LogP contribution in [0.2, 0.25) is 0 Å². The topological polar surface area (TPSA) is 50.4 Å². The molecule has 2 rings (SSSR count). The minimum absolute atomic E-state index is 0.121. The van der Waals surface area contributed by atoms with Gasteiger partial charge in [-0.05, 0) is 37.0 Å². The van der Waals surface area contributed by atoms with Gasteiger partial charge in [0.25, 0.3) is 0 Å². The number of carbonyl (C=O) groups is 1. The molecule has 4 nitrogen and oxygen atoms in total. The predicted octanol–water partition coefficient (Wildman–Crippen LogP) is 3.06. The number of nitrogens with one attached hydrogen (secondary N) is 2. The molecule has 0 atom stereocenters. The van der Waals surface area contributed by atoms with Crippen molar-refractivity contribution in [1.82, 2.24) is 10.6 Å². The molecule has 0 aliphatic heterocycles. The smallest absolute Gasteiger partial charge is 0.220 e. The summed E-state index contributed by atoms with van der Waals surface area (Å²) in [6.07, 6.45) is 9.26. The van der Waals surface area contributed by atoms with Crippen LogP contribution in [0.1, 0.15) is 50.5 Å². The van der Waals surface area contributed by atoms with Gasteiger partial charge in [0.2, 0.25) is 5.91 Å². The Bertz CT molecular complexity index is 468. The van der Waals surface area contributed by atoms with E-state index < -0.39 is 0 Å². The second-order valence-electron chi connectivity index (χ2n) is 6.34. The van der Waals surface area contributed by atoms with Gasteiger partial charge in [0.05, 0.1) is 7.11 Å². The van der Waals surface area contributed by atoms with Crippen molar-refractivity contribution in [2.45, 2.75) is 57.4 Å². The highest BCUT2D eigenvalue weighted by Gasteiger charge is 2.11. The Kier molecular flexibility index (Phi) is 7.95. The van der Waals surface area contributed by atoms with Crippen LogP contribution < -0.4 is 15.4 Å². The zero-order chi connectivity index (χ0) is 16.3. The number of amides is 1. The Hall–Kier alpha value is -1.55. The van der Waals surface area contributed by atoms with Crippen molar-refractivity contribution in [3.63, 3.8) is 0 Å². The van der Waals surface area contributed by atoms with Gasteiger partial charge in [0.15, 0.2) is 0 Å². The lowest BCUT2D eigenvalue weighted by atomic mass is 10.1. The summed E-state index contributed by atoms with van der Waals surface area (Å²) in [5, 5.41) is 6.58. The molecule has 1 fully saturated rings. The van der Waals surface area contributed by atoms with E-state index in [1.165, 1.54) is 38.5 Å². The van der Waals surface area contributed by atoms with Crippen molar-refractivity contribution in [3.05, 3.63) is 29.8 Å². The Morgan fingerprint density at radius 1 is 1.17 bits per heavy atom. The van der Waals surface area contributed by atoms with Gasteiger partial charge < -0.3 is 15.4 Å². The third kappa shape index (κ3) is 7.04. The van der Waals surface area contributed by atoms with Crippen LogP contribution in [0, 0.1) is 0 Å². The minimum atomic E-state index is 0.121. The normalized spacial score (nSPS) is 15.9. The minimum Gasteiger partial charge on any atom is -0.497 e. The number of benzene rings is 1. The van der Waals surface area contributed by atoms with Crippen LogP contribution in [0.15, 0.2) is 24.3 Å². The summed E-state index contributed by atoms with van der Waals surface area (Å²) >= 11 is 0. The summed E-state index contributed by atoms with van der Waals surface area (Å²) in [7, 11) is 1.66. The molecule has 0 aromatic heterocycles. The van der Waals surface area contributed by atoms with Crippen molar-refractivity contribution < 1.29 is 9.53 Å². The Balaban J connectivity index is 1.57. The van der Waals surface area contributed by atoms with E-state index >= 15 is 0 Å². The van der Waals surface area contributed by atoms with Gasteiger partial charge in [-0.15, -0.1) is 0 Å². The third-order valence-corrected chi connectivity index (χ3v) is 4.51. The van der Waals surface area contributed by atoms with Crippen molar-refractivity contribution in [2.75, 3.05) is 20.2 Å². The van der Waals surface area contributed by atoms with E-state index in [1.54, 1.807) is 7.11 Å². The zero-order valence-electron chi connectivity index (χ0n) is 14.3. The highest BCUT2D eigenvalue weighted by molar-refractivity contribution is 5.76. The largest absolute Gasteiger partial charge is 0.497 e. The molecule has 1 aromatic rings. The molecule has 0 bridgehead atoms. The van der Waals surface area contributed by atoms with E-state index in [1.807, 2.05) is 24.3 Å². The summed E-state index contributed by atoms with van der Waals surface area (Å²) in [4.78, 5) is 11.9. The lowest BCUT2D eigenvalue weighted by Gasteiger charge is -2.16. The van der Waals surface area contributed by atoms with Crippen LogP contribution >= 0.6 is 0 Å². The second kappa shape index (κ2) is 10.3. The number of rotatable bonds is 8. The van der Waals surface area contributed by atoms with Crippen molar-refractivity contribution in [2.24, 2.45) is 0 Å². The van der Waals surface area contributed by atoms with Crippen LogP contribution in [-0.2, 0) is 11.2 Å². The molecule has 1 aliphatic rings. The molecule has 1 aliphatic carbocycles. The molecule has 4 heteroatoms. The van der Waals surface area contributed by atoms with E-state index in [2.05, 4.69) is 10.6 Å². The second-order valence-corrected chi connectivity index (χ2v) is 6.34. The predicted molar refractivity (Wildman–Crippen MR) is 93.8 cm³/mol. The molecule has 2 N–H and O–H groups in total. The summed E-state index contributed by atoms with van der Waals surface area (Å²) in [6.45, 7) is 1.59. The molecular weight excluding hydrogens is 288 g/mol. The first kappa shape index (κ1) is 17.8.